The molecule has 4 amide bonds. The van der Waals surface area contributed by atoms with Crippen molar-refractivity contribution in [2.45, 2.75) is 84.2 Å². The van der Waals surface area contributed by atoms with Gasteiger partial charge >= 0.3 is 5.97 Å². The van der Waals surface area contributed by atoms with Crippen LogP contribution in [0.25, 0.3) is 10.4 Å². The van der Waals surface area contributed by atoms with Gasteiger partial charge < -0.3 is 63.9 Å². The minimum atomic E-state index is -0.503. The highest BCUT2D eigenvalue weighted by atomic mass is 16.6. The van der Waals surface area contributed by atoms with E-state index in [9.17, 15) is 24.0 Å². The van der Waals surface area contributed by atoms with E-state index in [4.69, 9.17) is 48.2 Å². The monoisotopic (exact) mass is 864 g/mol. The molecule has 0 rings (SSSR count). The molecule has 0 saturated carbocycles. The lowest BCUT2D eigenvalue weighted by Crippen LogP contribution is -2.38. The van der Waals surface area contributed by atoms with Crippen LogP contribution in [0.5, 0.6) is 0 Å². The lowest BCUT2D eigenvalue weighted by atomic mass is 10.2. The minimum absolute atomic E-state index is 0.0471. The molecule has 0 bridgehead atoms. The number of ether oxygens (including phenoxy) is 9. The first-order chi connectivity index (χ1) is 29.0. The van der Waals surface area contributed by atoms with E-state index in [0.717, 1.165) is 25.7 Å². The summed E-state index contributed by atoms with van der Waals surface area (Å²) in [7, 11) is 0. The summed E-state index contributed by atoms with van der Waals surface area (Å²) < 4.78 is 48.4. The van der Waals surface area contributed by atoms with E-state index in [0.29, 0.717) is 125 Å². The Labute approximate surface area is 355 Å². The third-order valence-corrected chi connectivity index (χ3v) is 7.53. The number of hydrogen-bond donors (Lipinski definition) is 4. The number of nitrogens with one attached hydrogen (secondary N) is 4. The highest BCUT2D eigenvalue weighted by Gasteiger charge is 2.15. The number of carbonyl (C=O) groups is 5. The molecule has 0 aliphatic carbocycles. The molecule has 60 heavy (non-hydrogen) atoms. The fourth-order valence-corrected chi connectivity index (χ4v) is 4.59. The molecule has 0 unspecified atom stereocenters. The van der Waals surface area contributed by atoms with E-state index in [1.54, 1.807) is 0 Å². The van der Waals surface area contributed by atoms with Crippen LogP contribution in [0.3, 0.4) is 0 Å². The van der Waals surface area contributed by atoms with Gasteiger partial charge in [0.25, 0.3) is 0 Å². The first-order valence-corrected chi connectivity index (χ1v) is 20.9. The Morgan fingerprint density at radius 2 is 0.883 bits per heavy atom. The van der Waals surface area contributed by atoms with E-state index in [1.165, 1.54) is 0 Å². The third-order valence-electron chi connectivity index (χ3n) is 7.53. The molecule has 0 radical (unpaired) electrons. The Morgan fingerprint density at radius 1 is 0.450 bits per heavy atom. The Hall–Kier alpha value is -3.66. The van der Waals surface area contributed by atoms with Crippen LogP contribution in [0.2, 0.25) is 0 Å². The molecule has 0 saturated heterocycles. The number of carbonyl (C=O) groups excluding carboxylic acids is 5. The average Bonchev–Trinajstić information content (AvgIpc) is 3.20. The lowest BCUT2D eigenvalue weighted by molar-refractivity contribution is -0.156. The Kier molecular flexibility index (Phi) is 39.5. The first-order valence-electron chi connectivity index (χ1n) is 20.9. The summed E-state index contributed by atoms with van der Waals surface area (Å²) in [5.74, 6) is -1.13. The molecule has 0 aromatic carbocycles. The van der Waals surface area contributed by atoms with Crippen molar-refractivity contribution < 1.29 is 66.6 Å². The molecule has 0 atom stereocenters. The van der Waals surface area contributed by atoms with E-state index in [2.05, 4.69) is 31.3 Å². The summed E-state index contributed by atoms with van der Waals surface area (Å²) in [6.07, 6.45) is 5.08. The zero-order valence-electron chi connectivity index (χ0n) is 36.3. The molecule has 0 aliphatic heterocycles. The molecule has 348 valence electrons. The number of esters is 1. The van der Waals surface area contributed by atoms with Crippen molar-refractivity contribution in [3.05, 3.63) is 10.4 Å². The Bertz CT molecular complexity index is 1160. The highest BCUT2D eigenvalue weighted by molar-refractivity contribution is 5.84. The number of amides is 4. The molecule has 0 heterocycles. The standard InChI is InChI=1S/C39H73N7O14/c1-39(2,3)60-38(51)12-20-55-26-29-58-31-32-59-30-28-56-21-15-43-37(50)33-44-34(47)9-8-14-42-36(49)11-19-53-24-23-52-17-7-5-4-6-13-41-35(48)10-18-54-25-27-57-22-16-45-46-40/h4-33H2,1-3H3,(H,41,48)(H,42,49)(H,43,50)(H,44,47). The Balaban J connectivity index is 3.41. The topological polar surface area (TPSA) is 265 Å². The molecule has 21 heteroatoms. The Morgan fingerprint density at radius 3 is 1.43 bits per heavy atom. The number of azide groups is 1. The van der Waals surface area contributed by atoms with Gasteiger partial charge in [-0.2, -0.15) is 0 Å². The van der Waals surface area contributed by atoms with E-state index in [-0.39, 0.29) is 75.2 Å². The normalized spacial score (nSPS) is 11.1. The minimum Gasteiger partial charge on any atom is -0.460 e. The third kappa shape index (κ3) is 45.4. The van der Waals surface area contributed by atoms with E-state index < -0.39 is 5.60 Å². The second-order valence-corrected chi connectivity index (χ2v) is 14.0. The summed E-state index contributed by atoms with van der Waals surface area (Å²) in [6, 6.07) is 0. The van der Waals surface area contributed by atoms with Crippen LogP contribution < -0.4 is 21.3 Å². The van der Waals surface area contributed by atoms with Crippen molar-refractivity contribution in [3.63, 3.8) is 0 Å². The van der Waals surface area contributed by atoms with Crippen molar-refractivity contribution in [3.8, 4) is 0 Å². The fraction of sp³-hybridized carbons (Fsp3) is 0.872. The van der Waals surface area contributed by atoms with Gasteiger partial charge in [-0.1, -0.05) is 18.0 Å². The quantitative estimate of drug-likeness (QED) is 0.0224. The van der Waals surface area contributed by atoms with Crippen molar-refractivity contribution in [1.29, 1.82) is 0 Å². The number of nitrogens with zero attached hydrogens (tertiary/aromatic N) is 3. The summed E-state index contributed by atoms with van der Waals surface area (Å²) in [4.78, 5) is 62.0. The van der Waals surface area contributed by atoms with E-state index >= 15 is 0 Å². The van der Waals surface area contributed by atoms with Crippen LogP contribution in [0, 0.1) is 0 Å². The highest BCUT2D eigenvalue weighted by Crippen LogP contribution is 2.08. The lowest BCUT2D eigenvalue weighted by Gasteiger charge is -2.19. The van der Waals surface area contributed by atoms with Crippen molar-refractivity contribution in [1.82, 2.24) is 21.3 Å². The fourth-order valence-electron chi connectivity index (χ4n) is 4.59. The molecule has 0 fully saturated rings. The molecule has 0 aliphatic rings. The van der Waals surface area contributed by atoms with Gasteiger partial charge in [0.1, 0.15) is 5.60 Å². The van der Waals surface area contributed by atoms with Gasteiger partial charge in [-0.05, 0) is 45.6 Å². The first kappa shape index (κ1) is 56.3. The number of hydrogen-bond acceptors (Lipinski definition) is 15. The van der Waals surface area contributed by atoms with Gasteiger partial charge in [-0.15, -0.1) is 0 Å². The SMILES string of the molecule is CC(C)(C)OC(=O)CCOCCOCCOCCOCCNC(=O)CNC(=O)CCCNC(=O)CCOCCOCCCCCCNC(=O)CCOCCOCCN=[N+]=[N-]. The summed E-state index contributed by atoms with van der Waals surface area (Å²) in [6.45, 7) is 12.9. The average molecular weight is 864 g/mol. The van der Waals surface area contributed by atoms with E-state index in [1.807, 2.05) is 20.8 Å². The number of rotatable bonds is 43. The molecular formula is C39H73N7O14. The van der Waals surface area contributed by atoms with Gasteiger partial charge in [0.05, 0.1) is 112 Å². The second kappa shape index (κ2) is 42.0. The van der Waals surface area contributed by atoms with Gasteiger partial charge in [-0.3, -0.25) is 24.0 Å². The molecule has 0 spiro atoms. The zero-order chi connectivity index (χ0) is 44.2. The van der Waals surface area contributed by atoms with Crippen LogP contribution in [0.15, 0.2) is 5.11 Å². The predicted molar refractivity (Wildman–Crippen MR) is 220 cm³/mol. The van der Waals surface area contributed by atoms with Crippen LogP contribution in [-0.2, 0) is 66.6 Å². The van der Waals surface area contributed by atoms with Gasteiger partial charge in [0.15, 0.2) is 0 Å². The van der Waals surface area contributed by atoms with Crippen LogP contribution in [-0.4, -0.2) is 174 Å². The maximum atomic E-state index is 12.0. The summed E-state index contributed by atoms with van der Waals surface area (Å²) >= 11 is 0. The second-order valence-electron chi connectivity index (χ2n) is 14.0. The molecule has 4 N–H and O–H groups in total. The van der Waals surface area contributed by atoms with Crippen LogP contribution >= 0.6 is 0 Å². The summed E-state index contributed by atoms with van der Waals surface area (Å²) in [5, 5.41) is 14.2. The van der Waals surface area contributed by atoms with Crippen LogP contribution in [0.4, 0.5) is 0 Å². The largest absolute Gasteiger partial charge is 0.460 e. The predicted octanol–water partition coefficient (Wildman–Crippen LogP) is 1.75. The molecule has 21 nitrogen and oxygen atoms in total. The maximum absolute atomic E-state index is 12.0. The summed E-state index contributed by atoms with van der Waals surface area (Å²) in [5.41, 5.74) is 7.66. The van der Waals surface area contributed by atoms with Gasteiger partial charge in [-0.25, -0.2) is 0 Å². The van der Waals surface area contributed by atoms with Crippen LogP contribution in [0.1, 0.15) is 78.6 Å². The van der Waals surface area contributed by atoms with Crippen molar-refractivity contribution in [2.24, 2.45) is 5.11 Å². The van der Waals surface area contributed by atoms with Crippen molar-refractivity contribution in [2.75, 3.05) is 138 Å². The van der Waals surface area contributed by atoms with Gasteiger partial charge in [0, 0.05) is 57.0 Å². The zero-order valence-corrected chi connectivity index (χ0v) is 36.3. The molecule has 0 aromatic heterocycles. The number of unbranched alkanes of at least 4 members (excludes halogenated alkanes) is 3. The smallest absolute Gasteiger partial charge is 0.308 e. The van der Waals surface area contributed by atoms with Gasteiger partial charge in [0.2, 0.25) is 23.6 Å². The maximum Gasteiger partial charge on any atom is 0.308 e. The van der Waals surface area contributed by atoms with Crippen molar-refractivity contribution >= 4 is 29.6 Å². The molecular weight excluding hydrogens is 790 g/mol. The molecule has 0 aromatic rings.